The Labute approximate surface area is 82.4 Å². The highest BCUT2D eigenvalue weighted by atomic mass is 19.1. The first-order valence-corrected chi connectivity index (χ1v) is 3.65. The van der Waals surface area contributed by atoms with Gasteiger partial charge in [-0.15, -0.1) is 0 Å². The van der Waals surface area contributed by atoms with E-state index < -0.39 is 28.0 Å². The van der Waals surface area contributed by atoms with Gasteiger partial charge in [-0.3, -0.25) is 16.0 Å². The molecule has 0 fully saturated rings. The number of nitrogens with zero attached hydrogens (tertiary/aromatic N) is 1. The molecule has 15 heavy (non-hydrogen) atoms. The second kappa shape index (κ2) is 3.88. The summed E-state index contributed by atoms with van der Waals surface area (Å²) >= 11 is 0. The maximum absolute atomic E-state index is 13.0. The third-order valence-electron chi connectivity index (χ3n) is 1.67. The molecule has 0 aliphatic rings. The average Bonchev–Trinajstić information content (AvgIpc) is 2.16. The highest BCUT2D eigenvalue weighted by molar-refractivity contribution is 5.93. The van der Waals surface area contributed by atoms with Crippen LogP contribution in [-0.2, 0) is 0 Å². The largest absolute Gasteiger partial charge is 0.477 e. The first kappa shape index (κ1) is 10.9. The third kappa shape index (κ3) is 1.99. The van der Waals surface area contributed by atoms with Gasteiger partial charge >= 0.3 is 5.97 Å². The van der Waals surface area contributed by atoms with Crippen molar-refractivity contribution >= 4 is 17.3 Å². The van der Waals surface area contributed by atoms with Crippen LogP contribution < -0.4 is 11.3 Å². The van der Waals surface area contributed by atoms with Gasteiger partial charge in [0.05, 0.1) is 16.7 Å². The summed E-state index contributed by atoms with van der Waals surface area (Å²) < 4.78 is 13.0. The molecule has 1 aromatic rings. The topological polar surface area (TPSA) is 118 Å². The summed E-state index contributed by atoms with van der Waals surface area (Å²) in [5.41, 5.74) is 0.124. The van der Waals surface area contributed by atoms with Crippen molar-refractivity contribution in [3.05, 3.63) is 33.6 Å². The van der Waals surface area contributed by atoms with Crippen molar-refractivity contribution in [2.75, 3.05) is 5.43 Å². The number of carboxylic acid groups (broad SMARTS) is 1. The van der Waals surface area contributed by atoms with E-state index in [2.05, 4.69) is 0 Å². The standard InChI is InChI=1S/C7H6FN3O4/c8-4-2-6(11(14)15)3(7(12)13)1-5(4)10-9/h1-2,10H,9H2,(H,12,13). The van der Waals surface area contributed by atoms with Gasteiger partial charge in [0.1, 0.15) is 5.56 Å². The number of aromatic carboxylic acids is 1. The molecule has 0 unspecified atom stereocenters. The van der Waals surface area contributed by atoms with Gasteiger partial charge in [0.25, 0.3) is 5.69 Å². The number of hydrazine groups is 1. The molecule has 0 aliphatic carbocycles. The van der Waals surface area contributed by atoms with Crippen LogP contribution in [-0.4, -0.2) is 16.0 Å². The predicted octanol–water partition coefficient (Wildman–Crippen LogP) is 0.718. The molecule has 0 spiro atoms. The van der Waals surface area contributed by atoms with Crippen molar-refractivity contribution in [2.24, 2.45) is 5.84 Å². The zero-order valence-electron chi connectivity index (χ0n) is 7.23. The number of anilines is 1. The van der Waals surface area contributed by atoms with Crippen LogP contribution in [0.4, 0.5) is 15.8 Å². The number of nitrogens with one attached hydrogen (secondary N) is 1. The first-order valence-electron chi connectivity index (χ1n) is 3.65. The van der Waals surface area contributed by atoms with E-state index in [0.717, 1.165) is 6.07 Å². The lowest BCUT2D eigenvalue weighted by atomic mass is 10.1. The van der Waals surface area contributed by atoms with Gasteiger partial charge in [0, 0.05) is 0 Å². The number of nitrogens with two attached hydrogens (primary N) is 1. The number of nitrogen functional groups attached to an aromatic ring is 1. The van der Waals surface area contributed by atoms with Crippen LogP contribution in [0.3, 0.4) is 0 Å². The van der Waals surface area contributed by atoms with Crippen molar-refractivity contribution < 1.29 is 19.2 Å². The van der Waals surface area contributed by atoms with Crippen molar-refractivity contribution in [3.63, 3.8) is 0 Å². The smallest absolute Gasteiger partial charge is 0.342 e. The molecule has 0 heterocycles. The Bertz CT molecular complexity index is 434. The summed E-state index contributed by atoms with van der Waals surface area (Å²) in [5, 5.41) is 19.0. The van der Waals surface area contributed by atoms with E-state index in [1.54, 1.807) is 0 Å². The van der Waals surface area contributed by atoms with Gasteiger partial charge in [0.2, 0.25) is 0 Å². The van der Waals surface area contributed by atoms with Crippen LogP contribution in [0.25, 0.3) is 0 Å². The van der Waals surface area contributed by atoms with Crippen LogP contribution in [0, 0.1) is 15.9 Å². The predicted molar refractivity (Wildman–Crippen MR) is 47.8 cm³/mol. The molecule has 1 rings (SSSR count). The van der Waals surface area contributed by atoms with Crippen LogP contribution in [0.5, 0.6) is 0 Å². The molecule has 0 aromatic heterocycles. The van der Waals surface area contributed by atoms with Crippen molar-refractivity contribution in [1.82, 2.24) is 0 Å². The lowest BCUT2D eigenvalue weighted by molar-refractivity contribution is -0.385. The fourth-order valence-corrected chi connectivity index (χ4v) is 0.996. The second-order valence-electron chi connectivity index (χ2n) is 2.56. The number of carboxylic acids is 1. The minimum absolute atomic E-state index is 0.321. The van der Waals surface area contributed by atoms with E-state index in [4.69, 9.17) is 10.9 Å². The number of nitro groups is 1. The number of halogens is 1. The zero-order chi connectivity index (χ0) is 11.6. The van der Waals surface area contributed by atoms with E-state index in [0.29, 0.717) is 6.07 Å². The monoisotopic (exact) mass is 215 g/mol. The Balaban J connectivity index is 3.45. The van der Waals surface area contributed by atoms with Crippen LogP contribution in [0.1, 0.15) is 10.4 Å². The van der Waals surface area contributed by atoms with Crippen LogP contribution in [0.2, 0.25) is 0 Å². The minimum Gasteiger partial charge on any atom is -0.477 e. The van der Waals surface area contributed by atoms with E-state index in [9.17, 15) is 19.3 Å². The van der Waals surface area contributed by atoms with Crippen LogP contribution in [0.15, 0.2) is 12.1 Å². The number of rotatable bonds is 3. The number of hydrogen-bond acceptors (Lipinski definition) is 5. The highest BCUT2D eigenvalue weighted by Crippen LogP contribution is 2.25. The third-order valence-corrected chi connectivity index (χ3v) is 1.67. The SMILES string of the molecule is NNc1cc(C(=O)O)c([N+](=O)[O-])cc1F. The molecule has 0 bridgehead atoms. The van der Waals surface area contributed by atoms with Crippen molar-refractivity contribution in [2.45, 2.75) is 0 Å². The molecule has 0 atom stereocenters. The molecule has 0 saturated carbocycles. The number of carbonyl (C=O) groups is 1. The maximum Gasteiger partial charge on any atom is 0.342 e. The lowest BCUT2D eigenvalue weighted by Crippen LogP contribution is -2.11. The molecule has 7 nitrogen and oxygen atoms in total. The molecule has 0 amide bonds. The molecule has 0 aliphatic heterocycles. The van der Waals surface area contributed by atoms with Gasteiger partial charge in [-0.05, 0) is 6.07 Å². The van der Waals surface area contributed by atoms with Gasteiger partial charge in [-0.25, -0.2) is 9.18 Å². The Kier molecular flexibility index (Phi) is 2.81. The molecule has 1 aromatic carbocycles. The summed E-state index contributed by atoms with van der Waals surface area (Å²) in [6.45, 7) is 0. The first-order chi connectivity index (χ1) is 6.97. The average molecular weight is 215 g/mol. The molecular weight excluding hydrogens is 209 g/mol. The normalized spacial score (nSPS) is 9.73. The van der Waals surface area contributed by atoms with Crippen molar-refractivity contribution in [1.29, 1.82) is 0 Å². The minimum atomic E-state index is -1.53. The van der Waals surface area contributed by atoms with Crippen molar-refractivity contribution in [3.8, 4) is 0 Å². The van der Waals surface area contributed by atoms with Gasteiger partial charge in [-0.1, -0.05) is 0 Å². The van der Waals surface area contributed by atoms with Gasteiger partial charge in [-0.2, -0.15) is 0 Å². The Morgan fingerprint density at radius 1 is 1.60 bits per heavy atom. The van der Waals surface area contributed by atoms with E-state index in [-0.39, 0.29) is 5.69 Å². The number of nitro benzene ring substituents is 1. The van der Waals surface area contributed by atoms with E-state index in [1.165, 1.54) is 0 Å². The van der Waals surface area contributed by atoms with Gasteiger partial charge < -0.3 is 10.5 Å². The second-order valence-corrected chi connectivity index (χ2v) is 2.56. The molecule has 0 radical (unpaired) electrons. The fraction of sp³-hybridized carbons (Fsp3) is 0. The van der Waals surface area contributed by atoms with E-state index >= 15 is 0 Å². The van der Waals surface area contributed by atoms with Gasteiger partial charge in [0.15, 0.2) is 5.82 Å². The summed E-state index contributed by atoms with van der Waals surface area (Å²) in [6, 6.07) is 1.26. The summed E-state index contributed by atoms with van der Waals surface area (Å²) in [5.74, 6) is 2.37. The zero-order valence-corrected chi connectivity index (χ0v) is 7.23. The summed E-state index contributed by atoms with van der Waals surface area (Å²) in [7, 11) is 0. The number of hydrogen-bond donors (Lipinski definition) is 3. The Morgan fingerprint density at radius 2 is 2.20 bits per heavy atom. The Hall–Kier alpha value is -2.22. The number of benzene rings is 1. The van der Waals surface area contributed by atoms with E-state index in [1.807, 2.05) is 5.43 Å². The quantitative estimate of drug-likeness (QED) is 0.388. The molecule has 0 saturated heterocycles. The summed E-state index contributed by atoms with van der Waals surface area (Å²) in [4.78, 5) is 20.0. The Morgan fingerprint density at radius 3 is 2.60 bits per heavy atom. The maximum atomic E-state index is 13.0. The molecular formula is C7H6FN3O4. The lowest BCUT2D eigenvalue weighted by Gasteiger charge is -2.03. The molecule has 8 heteroatoms. The highest BCUT2D eigenvalue weighted by Gasteiger charge is 2.22. The summed E-state index contributed by atoms with van der Waals surface area (Å²) in [6.07, 6.45) is 0. The fourth-order valence-electron chi connectivity index (χ4n) is 0.996. The molecule has 80 valence electrons. The molecule has 4 N–H and O–H groups in total. The van der Waals surface area contributed by atoms with Crippen LogP contribution >= 0.6 is 0 Å².